The van der Waals surface area contributed by atoms with E-state index in [4.69, 9.17) is 16.3 Å². The standard InChI is InChI=1S/C12H13ClF3NO/c13-10-3-1-2-9(4-10)11(5-17-6-11)7-18-8-12(14,15)16/h1-4,17H,5-8H2. The largest absolute Gasteiger partial charge is 0.411 e. The van der Waals surface area contributed by atoms with Crippen LogP contribution in [0.2, 0.25) is 5.02 Å². The second-order valence-corrected chi connectivity index (χ2v) is 4.94. The zero-order chi connectivity index (χ0) is 13.2. The molecule has 1 aromatic carbocycles. The third kappa shape index (κ3) is 3.16. The summed E-state index contributed by atoms with van der Waals surface area (Å²) in [6.07, 6.45) is -4.29. The van der Waals surface area contributed by atoms with E-state index in [0.29, 0.717) is 18.1 Å². The summed E-state index contributed by atoms with van der Waals surface area (Å²) in [5.41, 5.74) is 0.520. The molecule has 2 nitrogen and oxygen atoms in total. The van der Waals surface area contributed by atoms with Crippen LogP contribution in [-0.2, 0) is 10.2 Å². The second-order valence-electron chi connectivity index (χ2n) is 4.50. The van der Waals surface area contributed by atoms with Crippen molar-refractivity contribution in [2.24, 2.45) is 0 Å². The summed E-state index contributed by atoms with van der Waals surface area (Å²) >= 11 is 5.90. The van der Waals surface area contributed by atoms with E-state index in [1.54, 1.807) is 18.2 Å². The van der Waals surface area contributed by atoms with E-state index >= 15 is 0 Å². The molecule has 1 N–H and O–H groups in total. The summed E-state index contributed by atoms with van der Waals surface area (Å²) in [5, 5.41) is 3.64. The lowest BCUT2D eigenvalue weighted by Gasteiger charge is -2.43. The van der Waals surface area contributed by atoms with Crippen LogP contribution in [0.1, 0.15) is 5.56 Å². The number of benzene rings is 1. The third-order valence-electron chi connectivity index (χ3n) is 3.01. The first-order valence-electron chi connectivity index (χ1n) is 5.53. The highest BCUT2D eigenvalue weighted by atomic mass is 35.5. The zero-order valence-corrected chi connectivity index (χ0v) is 10.3. The number of halogens is 4. The van der Waals surface area contributed by atoms with Crippen molar-refractivity contribution in [2.45, 2.75) is 11.6 Å². The van der Waals surface area contributed by atoms with Gasteiger partial charge >= 0.3 is 6.18 Å². The monoisotopic (exact) mass is 279 g/mol. The van der Waals surface area contributed by atoms with Crippen LogP contribution in [0.4, 0.5) is 13.2 Å². The quantitative estimate of drug-likeness (QED) is 0.915. The maximum atomic E-state index is 12.1. The Morgan fingerprint density at radius 3 is 2.56 bits per heavy atom. The molecule has 2 rings (SSSR count). The molecule has 1 saturated heterocycles. The molecular formula is C12H13ClF3NO. The summed E-state index contributed by atoms with van der Waals surface area (Å²) in [6, 6.07) is 7.17. The van der Waals surface area contributed by atoms with Crippen LogP contribution in [0.3, 0.4) is 0 Å². The van der Waals surface area contributed by atoms with Crippen molar-refractivity contribution in [1.29, 1.82) is 0 Å². The van der Waals surface area contributed by atoms with Crippen molar-refractivity contribution in [3.8, 4) is 0 Å². The molecule has 0 amide bonds. The second kappa shape index (κ2) is 5.07. The lowest BCUT2D eigenvalue weighted by Crippen LogP contribution is -2.59. The fourth-order valence-electron chi connectivity index (χ4n) is 2.00. The summed E-state index contributed by atoms with van der Waals surface area (Å²) in [4.78, 5) is 0. The minimum absolute atomic E-state index is 0.0415. The Balaban J connectivity index is 2.03. The van der Waals surface area contributed by atoms with Crippen molar-refractivity contribution < 1.29 is 17.9 Å². The van der Waals surface area contributed by atoms with Crippen LogP contribution >= 0.6 is 11.6 Å². The Hall–Kier alpha value is -0.780. The van der Waals surface area contributed by atoms with Gasteiger partial charge in [0, 0.05) is 23.5 Å². The molecule has 0 aromatic heterocycles. The highest BCUT2D eigenvalue weighted by Crippen LogP contribution is 2.31. The number of hydrogen-bond donors (Lipinski definition) is 1. The van der Waals surface area contributed by atoms with Gasteiger partial charge in [0.05, 0.1) is 6.61 Å². The first kappa shape index (κ1) is 13.6. The molecule has 0 saturated carbocycles. The Morgan fingerprint density at radius 1 is 1.33 bits per heavy atom. The molecule has 1 aromatic rings. The van der Waals surface area contributed by atoms with Crippen LogP contribution < -0.4 is 5.32 Å². The first-order chi connectivity index (χ1) is 8.41. The Morgan fingerprint density at radius 2 is 2.06 bits per heavy atom. The zero-order valence-electron chi connectivity index (χ0n) is 9.56. The Kier molecular flexibility index (Phi) is 3.84. The van der Waals surface area contributed by atoms with Crippen LogP contribution in [-0.4, -0.2) is 32.5 Å². The van der Waals surface area contributed by atoms with Gasteiger partial charge < -0.3 is 10.1 Å². The van der Waals surface area contributed by atoms with Crippen LogP contribution in [0.5, 0.6) is 0 Å². The van der Waals surface area contributed by atoms with Crippen molar-refractivity contribution in [1.82, 2.24) is 5.32 Å². The average Bonchev–Trinajstić information content (AvgIpc) is 2.20. The molecule has 1 fully saturated rings. The molecule has 1 aliphatic rings. The molecule has 1 heterocycles. The molecule has 0 bridgehead atoms. The molecule has 1 aliphatic heterocycles. The van der Waals surface area contributed by atoms with Gasteiger partial charge in [0.25, 0.3) is 0 Å². The maximum Gasteiger partial charge on any atom is 0.411 e. The van der Waals surface area contributed by atoms with E-state index < -0.39 is 18.2 Å². The number of ether oxygens (including phenoxy) is 1. The average molecular weight is 280 g/mol. The molecule has 0 aliphatic carbocycles. The molecule has 0 unspecified atom stereocenters. The van der Waals surface area contributed by atoms with Gasteiger partial charge in [0.15, 0.2) is 0 Å². The summed E-state index contributed by atoms with van der Waals surface area (Å²) in [7, 11) is 0. The van der Waals surface area contributed by atoms with Crippen molar-refractivity contribution in [3.05, 3.63) is 34.9 Å². The molecule has 18 heavy (non-hydrogen) atoms. The predicted molar refractivity (Wildman–Crippen MR) is 62.9 cm³/mol. The smallest absolute Gasteiger partial charge is 0.371 e. The minimum Gasteiger partial charge on any atom is -0.371 e. The van der Waals surface area contributed by atoms with Crippen molar-refractivity contribution in [2.75, 3.05) is 26.3 Å². The van der Waals surface area contributed by atoms with E-state index in [2.05, 4.69) is 5.32 Å². The van der Waals surface area contributed by atoms with Gasteiger partial charge in [-0.15, -0.1) is 0 Å². The van der Waals surface area contributed by atoms with Gasteiger partial charge in [0.1, 0.15) is 6.61 Å². The van der Waals surface area contributed by atoms with Gasteiger partial charge in [-0.05, 0) is 17.7 Å². The fraction of sp³-hybridized carbons (Fsp3) is 0.500. The number of nitrogens with one attached hydrogen (secondary N) is 1. The highest BCUT2D eigenvalue weighted by Gasteiger charge is 2.40. The fourth-order valence-corrected chi connectivity index (χ4v) is 2.19. The van der Waals surface area contributed by atoms with Crippen molar-refractivity contribution >= 4 is 11.6 Å². The lowest BCUT2D eigenvalue weighted by molar-refractivity contribution is -0.179. The Bertz CT molecular complexity index is 418. The van der Waals surface area contributed by atoms with Crippen molar-refractivity contribution in [3.63, 3.8) is 0 Å². The lowest BCUT2D eigenvalue weighted by atomic mass is 9.76. The van der Waals surface area contributed by atoms with Crippen LogP contribution in [0.15, 0.2) is 24.3 Å². The SMILES string of the molecule is FC(F)(F)COCC1(c2cccc(Cl)c2)CNC1. The third-order valence-corrected chi connectivity index (χ3v) is 3.24. The molecule has 0 spiro atoms. The Labute approximate surface area is 108 Å². The number of hydrogen-bond acceptors (Lipinski definition) is 2. The van der Waals surface area contributed by atoms with E-state index in [9.17, 15) is 13.2 Å². The molecule has 0 radical (unpaired) electrons. The minimum atomic E-state index is -4.29. The maximum absolute atomic E-state index is 12.1. The summed E-state index contributed by atoms with van der Waals surface area (Å²) in [5.74, 6) is 0. The van der Waals surface area contributed by atoms with E-state index in [1.165, 1.54) is 0 Å². The number of rotatable bonds is 4. The van der Waals surface area contributed by atoms with Gasteiger partial charge in [0.2, 0.25) is 0 Å². The van der Waals surface area contributed by atoms with Gasteiger partial charge in [-0.2, -0.15) is 13.2 Å². The molecule has 0 atom stereocenters. The highest BCUT2D eigenvalue weighted by molar-refractivity contribution is 6.30. The molecule has 6 heteroatoms. The van der Waals surface area contributed by atoms with Crippen LogP contribution in [0, 0.1) is 0 Å². The van der Waals surface area contributed by atoms with Gasteiger partial charge in [-0.25, -0.2) is 0 Å². The van der Waals surface area contributed by atoms with E-state index in [-0.39, 0.29) is 6.61 Å². The first-order valence-corrected chi connectivity index (χ1v) is 5.90. The molecular weight excluding hydrogens is 267 g/mol. The predicted octanol–water partition coefficient (Wildman–Crippen LogP) is 2.76. The molecule has 100 valence electrons. The van der Waals surface area contributed by atoms with E-state index in [0.717, 1.165) is 5.56 Å². The summed E-state index contributed by atoms with van der Waals surface area (Å²) in [6.45, 7) is 0.0333. The summed E-state index contributed by atoms with van der Waals surface area (Å²) < 4.78 is 41.0. The van der Waals surface area contributed by atoms with Gasteiger partial charge in [-0.1, -0.05) is 23.7 Å². The van der Waals surface area contributed by atoms with E-state index in [1.807, 2.05) is 6.07 Å². The van der Waals surface area contributed by atoms with Crippen LogP contribution in [0.25, 0.3) is 0 Å². The number of alkyl halides is 3. The normalized spacial score (nSPS) is 18.4. The van der Waals surface area contributed by atoms with Gasteiger partial charge in [-0.3, -0.25) is 0 Å². The topological polar surface area (TPSA) is 21.3 Å².